The molecule has 0 saturated carbocycles. The molecule has 0 radical (unpaired) electrons. The van der Waals surface area contributed by atoms with Gasteiger partial charge in [0.25, 0.3) is 0 Å². The SMILES string of the molecule is Cc1sc2nc(CSC(C)CO)nc(N)c2c1C. The summed E-state index contributed by atoms with van der Waals surface area (Å²) in [4.78, 5) is 11.1. The molecule has 0 spiro atoms. The number of fused-ring (bicyclic) bond motifs is 1. The summed E-state index contributed by atoms with van der Waals surface area (Å²) in [6.45, 7) is 6.27. The fourth-order valence-electron chi connectivity index (χ4n) is 1.66. The van der Waals surface area contributed by atoms with Crippen molar-refractivity contribution in [3.63, 3.8) is 0 Å². The van der Waals surface area contributed by atoms with Crippen LogP contribution < -0.4 is 5.73 Å². The minimum Gasteiger partial charge on any atom is -0.395 e. The molecule has 18 heavy (non-hydrogen) atoms. The number of aryl methyl sites for hydroxylation is 2. The first kappa shape index (κ1) is 13.6. The van der Waals surface area contributed by atoms with Gasteiger partial charge < -0.3 is 10.8 Å². The number of aromatic nitrogens is 2. The Hall–Kier alpha value is -0.850. The summed E-state index contributed by atoms with van der Waals surface area (Å²) in [5.74, 6) is 1.98. The van der Waals surface area contributed by atoms with Gasteiger partial charge >= 0.3 is 0 Å². The van der Waals surface area contributed by atoms with Crippen molar-refractivity contribution in [2.24, 2.45) is 0 Å². The van der Waals surface area contributed by atoms with E-state index in [-0.39, 0.29) is 11.9 Å². The second-order valence-electron chi connectivity index (χ2n) is 4.29. The van der Waals surface area contributed by atoms with Gasteiger partial charge in [0.15, 0.2) is 0 Å². The third-order valence-corrected chi connectivity index (χ3v) is 5.10. The largest absolute Gasteiger partial charge is 0.395 e. The molecule has 1 unspecified atom stereocenters. The van der Waals surface area contributed by atoms with Crippen molar-refractivity contribution in [2.75, 3.05) is 12.3 Å². The van der Waals surface area contributed by atoms with E-state index in [4.69, 9.17) is 10.8 Å². The third kappa shape index (κ3) is 2.60. The standard InChI is InChI=1S/C12H17N3OS2/c1-6(4-16)17-5-9-14-11(13)10-7(2)8(3)18-12(10)15-9/h6,16H,4-5H2,1-3H3,(H2,13,14,15). The number of nitrogen functional groups attached to an aromatic ring is 1. The van der Waals surface area contributed by atoms with Crippen molar-refractivity contribution in [3.8, 4) is 0 Å². The Morgan fingerprint density at radius 3 is 2.78 bits per heavy atom. The molecule has 0 aromatic carbocycles. The molecule has 2 heterocycles. The summed E-state index contributed by atoms with van der Waals surface area (Å²) in [5.41, 5.74) is 7.18. The van der Waals surface area contributed by atoms with E-state index in [0.29, 0.717) is 11.6 Å². The lowest BCUT2D eigenvalue weighted by Crippen LogP contribution is -2.05. The van der Waals surface area contributed by atoms with Gasteiger partial charge in [-0.1, -0.05) is 6.92 Å². The van der Waals surface area contributed by atoms with Crippen molar-refractivity contribution in [3.05, 3.63) is 16.3 Å². The lowest BCUT2D eigenvalue weighted by molar-refractivity contribution is 0.300. The first-order valence-electron chi connectivity index (χ1n) is 5.77. The average molecular weight is 283 g/mol. The molecule has 2 aromatic rings. The molecular weight excluding hydrogens is 266 g/mol. The van der Waals surface area contributed by atoms with E-state index in [1.54, 1.807) is 23.1 Å². The maximum Gasteiger partial charge on any atom is 0.142 e. The molecule has 3 N–H and O–H groups in total. The van der Waals surface area contributed by atoms with Crippen LogP contribution in [0.2, 0.25) is 0 Å². The predicted octanol–water partition coefficient (Wildman–Crippen LogP) is 2.50. The second kappa shape index (κ2) is 5.42. The van der Waals surface area contributed by atoms with Crippen LogP contribution in [0.5, 0.6) is 0 Å². The fraction of sp³-hybridized carbons (Fsp3) is 0.500. The number of thioether (sulfide) groups is 1. The molecule has 0 fully saturated rings. The molecule has 1 atom stereocenters. The van der Waals surface area contributed by atoms with Crippen molar-refractivity contribution in [1.82, 2.24) is 9.97 Å². The Bertz CT molecular complexity index is 568. The van der Waals surface area contributed by atoms with Gasteiger partial charge in [-0.15, -0.1) is 23.1 Å². The van der Waals surface area contributed by atoms with Crippen LogP contribution in [0.1, 0.15) is 23.2 Å². The van der Waals surface area contributed by atoms with Crippen LogP contribution in [-0.2, 0) is 5.75 Å². The topological polar surface area (TPSA) is 72.0 Å². The molecule has 98 valence electrons. The lowest BCUT2D eigenvalue weighted by Gasteiger charge is -2.07. The summed E-state index contributed by atoms with van der Waals surface area (Å²) in [5, 5.41) is 10.2. The van der Waals surface area contributed by atoms with Crippen LogP contribution in [0, 0.1) is 13.8 Å². The highest BCUT2D eigenvalue weighted by atomic mass is 32.2. The summed E-state index contributed by atoms with van der Waals surface area (Å²) >= 11 is 3.29. The maximum atomic E-state index is 8.99. The van der Waals surface area contributed by atoms with E-state index in [0.717, 1.165) is 16.0 Å². The minimum atomic E-state index is 0.166. The number of nitrogens with two attached hydrogens (primary N) is 1. The van der Waals surface area contributed by atoms with Crippen LogP contribution in [0.3, 0.4) is 0 Å². The molecule has 0 bridgehead atoms. The zero-order valence-corrected chi connectivity index (χ0v) is 12.4. The number of hydrogen-bond acceptors (Lipinski definition) is 6. The van der Waals surface area contributed by atoms with Crippen molar-refractivity contribution in [2.45, 2.75) is 31.8 Å². The van der Waals surface area contributed by atoms with Crippen LogP contribution in [-0.4, -0.2) is 26.9 Å². The molecule has 4 nitrogen and oxygen atoms in total. The van der Waals surface area contributed by atoms with Gasteiger partial charge in [-0.2, -0.15) is 0 Å². The second-order valence-corrected chi connectivity index (χ2v) is 6.92. The van der Waals surface area contributed by atoms with Gasteiger partial charge in [-0.05, 0) is 19.4 Å². The molecule has 0 aliphatic heterocycles. The highest BCUT2D eigenvalue weighted by Gasteiger charge is 2.13. The van der Waals surface area contributed by atoms with Gasteiger partial charge in [0.2, 0.25) is 0 Å². The van der Waals surface area contributed by atoms with Crippen LogP contribution in [0.15, 0.2) is 0 Å². The fourth-order valence-corrected chi connectivity index (χ4v) is 3.38. The Balaban J connectivity index is 2.32. The zero-order valence-electron chi connectivity index (χ0n) is 10.7. The normalized spacial score (nSPS) is 13.1. The highest BCUT2D eigenvalue weighted by Crippen LogP contribution is 2.32. The Morgan fingerprint density at radius 1 is 1.39 bits per heavy atom. The lowest BCUT2D eigenvalue weighted by atomic mass is 10.2. The molecule has 0 saturated heterocycles. The molecule has 6 heteroatoms. The smallest absolute Gasteiger partial charge is 0.142 e. The summed E-state index contributed by atoms with van der Waals surface area (Å²) in [6.07, 6.45) is 0. The van der Waals surface area contributed by atoms with Crippen molar-refractivity contribution >= 4 is 39.1 Å². The van der Waals surface area contributed by atoms with Gasteiger partial charge in [-0.3, -0.25) is 0 Å². The van der Waals surface area contributed by atoms with E-state index in [2.05, 4.69) is 23.8 Å². The third-order valence-electron chi connectivity index (χ3n) is 2.86. The average Bonchev–Trinajstić information content (AvgIpc) is 2.62. The molecule has 0 aliphatic carbocycles. The Kier molecular flexibility index (Phi) is 4.09. The molecule has 2 aromatic heterocycles. The minimum absolute atomic E-state index is 0.166. The number of aliphatic hydroxyl groups excluding tert-OH is 1. The molecule has 0 amide bonds. The quantitative estimate of drug-likeness (QED) is 0.902. The molecule has 0 aliphatic rings. The Morgan fingerprint density at radius 2 is 2.11 bits per heavy atom. The number of thiophene rings is 1. The summed E-state index contributed by atoms with van der Waals surface area (Å²) < 4.78 is 0. The number of nitrogens with zero attached hydrogens (tertiary/aromatic N) is 2. The molecule has 2 rings (SSSR count). The van der Waals surface area contributed by atoms with E-state index in [1.165, 1.54) is 10.4 Å². The number of rotatable bonds is 4. The van der Waals surface area contributed by atoms with E-state index in [9.17, 15) is 0 Å². The summed E-state index contributed by atoms with van der Waals surface area (Å²) in [7, 11) is 0. The van der Waals surface area contributed by atoms with Crippen molar-refractivity contribution < 1.29 is 5.11 Å². The van der Waals surface area contributed by atoms with Gasteiger partial charge in [0.05, 0.1) is 17.7 Å². The molecular formula is C12H17N3OS2. The predicted molar refractivity (Wildman–Crippen MR) is 79.1 cm³/mol. The van der Waals surface area contributed by atoms with Crippen LogP contribution in [0.4, 0.5) is 5.82 Å². The first-order valence-corrected chi connectivity index (χ1v) is 7.64. The van der Waals surface area contributed by atoms with E-state index < -0.39 is 0 Å². The zero-order chi connectivity index (χ0) is 13.3. The number of hydrogen-bond donors (Lipinski definition) is 2. The van der Waals surface area contributed by atoms with E-state index >= 15 is 0 Å². The van der Waals surface area contributed by atoms with E-state index in [1.807, 2.05) is 6.92 Å². The monoisotopic (exact) mass is 283 g/mol. The number of anilines is 1. The maximum absolute atomic E-state index is 8.99. The van der Waals surface area contributed by atoms with Gasteiger partial charge in [-0.25, -0.2) is 9.97 Å². The van der Waals surface area contributed by atoms with Crippen LogP contribution in [0.25, 0.3) is 10.2 Å². The Labute approximate surface area is 115 Å². The summed E-state index contributed by atoms with van der Waals surface area (Å²) in [6, 6.07) is 0. The van der Waals surface area contributed by atoms with Crippen molar-refractivity contribution in [1.29, 1.82) is 0 Å². The van der Waals surface area contributed by atoms with Gasteiger partial charge in [0.1, 0.15) is 16.5 Å². The van der Waals surface area contributed by atoms with Gasteiger partial charge in [0, 0.05) is 10.1 Å². The highest BCUT2D eigenvalue weighted by molar-refractivity contribution is 7.99. The first-order chi connectivity index (χ1) is 8.52. The number of aliphatic hydroxyl groups is 1. The van der Waals surface area contributed by atoms with Crippen LogP contribution >= 0.6 is 23.1 Å².